The third-order valence-corrected chi connectivity index (χ3v) is 3.19. The second-order valence-electron chi connectivity index (χ2n) is 4.92. The molecule has 0 heterocycles. The normalized spacial score (nSPS) is 14.6. The number of oxime groups is 1. The molecule has 1 aromatic rings. The van der Waals surface area contributed by atoms with E-state index in [0.717, 1.165) is 19.3 Å². The van der Waals surface area contributed by atoms with Gasteiger partial charge < -0.3 is 16.3 Å². The summed E-state index contributed by atoms with van der Waals surface area (Å²) in [7, 11) is 0. The summed E-state index contributed by atoms with van der Waals surface area (Å²) in [5, 5.41) is 14.8. The van der Waals surface area contributed by atoms with Gasteiger partial charge in [0.2, 0.25) is 5.91 Å². The van der Waals surface area contributed by atoms with E-state index >= 15 is 0 Å². The molecule has 0 saturated carbocycles. The number of benzene rings is 1. The van der Waals surface area contributed by atoms with Crippen LogP contribution in [0.1, 0.15) is 44.6 Å². The Morgan fingerprint density at radius 1 is 1.40 bits per heavy atom. The first-order valence-corrected chi connectivity index (χ1v) is 6.92. The Hall–Kier alpha value is -2.04. The van der Waals surface area contributed by atoms with Crippen molar-refractivity contribution >= 4 is 11.7 Å². The molecule has 5 heteroatoms. The third-order valence-electron chi connectivity index (χ3n) is 3.19. The maximum atomic E-state index is 12.3. The number of hydrogen-bond acceptors (Lipinski definition) is 3. The van der Waals surface area contributed by atoms with E-state index in [4.69, 9.17) is 10.9 Å². The van der Waals surface area contributed by atoms with Crippen LogP contribution in [0.15, 0.2) is 35.5 Å². The van der Waals surface area contributed by atoms with E-state index in [9.17, 15) is 4.79 Å². The first-order chi connectivity index (χ1) is 9.60. The van der Waals surface area contributed by atoms with Gasteiger partial charge in [0.15, 0.2) is 5.84 Å². The van der Waals surface area contributed by atoms with Crippen LogP contribution in [-0.2, 0) is 4.79 Å². The Labute approximate surface area is 119 Å². The standard InChI is InChI=1S/C15H23N3O2/c1-3-4-8-11(2)17-15(19)13(14(16)18-20)12-9-6-5-7-10-12/h5-7,9-11,13,20H,3-4,8H2,1-2H3,(H2,16,18)(H,17,19). The lowest BCUT2D eigenvalue weighted by Crippen LogP contribution is -2.41. The fourth-order valence-corrected chi connectivity index (χ4v) is 2.07. The molecule has 2 atom stereocenters. The summed E-state index contributed by atoms with van der Waals surface area (Å²) >= 11 is 0. The van der Waals surface area contributed by atoms with E-state index < -0.39 is 5.92 Å². The number of amidine groups is 1. The van der Waals surface area contributed by atoms with Gasteiger partial charge in [0.05, 0.1) is 0 Å². The molecule has 0 aliphatic carbocycles. The van der Waals surface area contributed by atoms with Gasteiger partial charge in [-0.15, -0.1) is 0 Å². The van der Waals surface area contributed by atoms with Crippen molar-refractivity contribution in [2.45, 2.75) is 45.1 Å². The fourth-order valence-electron chi connectivity index (χ4n) is 2.07. The Bertz CT molecular complexity index is 446. The van der Waals surface area contributed by atoms with Crippen LogP contribution >= 0.6 is 0 Å². The van der Waals surface area contributed by atoms with Crippen molar-refractivity contribution in [3.8, 4) is 0 Å². The number of rotatable bonds is 7. The summed E-state index contributed by atoms with van der Waals surface area (Å²) in [6, 6.07) is 9.15. The highest BCUT2D eigenvalue weighted by Gasteiger charge is 2.26. The number of unbranched alkanes of at least 4 members (excludes halogenated alkanes) is 1. The van der Waals surface area contributed by atoms with Gasteiger partial charge in [0.1, 0.15) is 5.92 Å². The lowest BCUT2D eigenvalue weighted by atomic mass is 9.96. The van der Waals surface area contributed by atoms with Crippen LogP contribution in [0.3, 0.4) is 0 Å². The summed E-state index contributed by atoms with van der Waals surface area (Å²) in [6.07, 6.45) is 3.06. The number of nitrogens with zero attached hydrogens (tertiary/aromatic N) is 1. The predicted octanol–water partition coefficient (Wildman–Crippen LogP) is 2.21. The third kappa shape index (κ3) is 4.57. The molecule has 0 spiro atoms. The van der Waals surface area contributed by atoms with Gasteiger partial charge in [-0.3, -0.25) is 4.79 Å². The molecule has 0 radical (unpaired) electrons. The van der Waals surface area contributed by atoms with E-state index in [-0.39, 0.29) is 17.8 Å². The molecule has 1 rings (SSSR count). The van der Waals surface area contributed by atoms with E-state index in [2.05, 4.69) is 17.4 Å². The van der Waals surface area contributed by atoms with Gasteiger partial charge in [0, 0.05) is 6.04 Å². The molecule has 110 valence electrons. The summed E-state index contributed by atoms with van der Waals surface area (Å²) in [5.74, 6) is -1.10. The molecule has 2 unspecified atom stereocenters. The Morgan fingerprint density at radius 3 is 2.60 bits per heavy atom. The highest BCUT2D eigenvalue weighted by Crippen LogP contribution is 2.16. The van der Waals surface area contributed by atoms with Crippen LogP contribution in [0, 0.1) is 0 Å². The van der Waals surface area contributed by atoms with Crippen molar-refractivity contribution < 1.29 is 10.0 Å². The summed E-state index contributed by atoms with van der Waals surface area (Å²) in [6.45, 7) is 4.07. The van der Waals surface area contributed by atoms with Crippen LogP contribution in [0.5, 0.6) is 0 Å². The topological polar surface area (TPSA) is 87.7 Å². The molecular formula is C15H23N3O2. The van der Waals surface area contributed by atoms with Gasteiger partial charge in [-0.1, -0.05) is 55.3 Å². The second kappa shape index (κ2) is 8.19. The quantitative estimate of drug-likeness (QED) is 0.309. The lowest BCUT2D eigenvalue weighted by Gasteiger charge is -2.19. The second-order valence-corrected chi connectivity index (χ2v) is 4.92. The number of carbonyl (C=O) groups is 1. The van der Waals surface area contributed by atoms with E-state index in [1.807, 2.05) is 25.1 Å². The number of nitrogens with two attached hydrogens (primary N) is 1. The van der Waals surface area contributed by atoms with Crippen molar-refractivity contribution in [3.05, 3.63) is 35.9 Å². The highest BCUT2D eigenvalue weighted by atomic mass is 16.4. The molecule has 0 aliphatic rings. The van der Waals surface area contributed by atoms with Gasteiger partial charge >= 0.3 is 0 Å². The van der Waals surface area contributed by atoms with Crippen molar-refractivity contribution in [2.24, 2.45) is 10.9 Å². The molecule has 0 aromatic heterocycles. The van der Waals surface area contributed by atoms with E-state index in [1.54, 1.807) is 12.1 Å². The van der Waals surface area contributed by atoms with E-state index in [1.165, 1.54) is 0 Å². The average molecular weight is 277 g/mol. The van der Waals surface area contributed by atoms with Crippen LogP contribution in [0.25, 0.3) is 0 Å². The molecule has 0 bridgehead atoms. The lowest BCUT2D eigenvalue weighted by molar-refractivity contribution is -0.121. The summed E-state index contributed by atoms with van der Waals surface area (Å²) < 4.78 is 0. The van der Waals surface area contributed by atoms with Crippen molar-refractivity contribution in [3.63, 3.8) is 0 Å². The molecule has 0 fully saturated rings. The number of carbonyl (C=O) groups excluding carboxylic acids is 1. The minimum Gasteiger partial charge on any atom is -0.409 e. The summed E-state index contributed by atoms with van der Waals surface area (Å²) in [5.41, 5.74) is 6.38. The molecule has 0 aliphatic heterocycles. The van der Waals surface area contributed by atoms with Gasteiger partial charge in [0.25, 0.3) is 0 Å². The Balaban J connectivity index is 2.82. The monoisotopic (exact) mass is 277 g/mol. The fraction of sp³-hybridized carbons (Fsp3) is 0.467. The Kier molecular flexibility index (Phi) is 6.56. The first kappa shape index (κ1) is 16.0. The predicted molar refractivity (Wildman–Crippen MR) is 79.7 cm³/mol. The van der Waals surface area contributed by atoms with Crippen LogP contribution in [-0.4, -0.2) is 23.0 Å². The molecule has 5 nitrogen and oxygen atoms in total. The first-order valence-electron chi connectivity index (χ1n) is 6.92. The van der Waals surface area contributed by atoms with Crippen molar-refractivity contribution in [1.82, 2.24) is 5.32 Å². The summed E-state index contributed by atoms with van der Waals surface area (Å²) in [4.78, 5) is 12.3. The molecule has 20 heavy (non-hydrogen) atoms. The molecule has 0 saturated heterocycles. The average Bonchev–Trinajstić information content (AvgIpc) is 2.46. The van der Waals surface area contributed by atoms with Crippen LogP contribution in [0.2, 0.25) is 0 Å². The zero-order chi connectivity index (χ0) is 15.0. The van der Waals surface area contributed by atoms with Gasteiger partial charge in [-0.25, -0.2) is 0 Å². The molecular weight excluding hydrogens is 254 g/mol. The Morgan fingerprint density at radius 2 is 2.05 bits per heavy atom. The van der Waals surface area contributed by atoms with Crippen molar-refractivity contribution in [2.75, 3.05) is 0 Å². The molecule has 4 N–H and O–H groups in total. The smallest absolute Gasteiger partial charge is 0.235 e. The maximum Gasteiger partial charge on any atom is 0.235 e. The highest BCUT2D eigenvalue weighted by molar-refractivity contribution is 6.07. The zero-order valence-corrected chi connectivity index (χ0v) is 12.0. The number of hydrogen-bond donors (Lipinski definition) is 3. The largest absolute Gasteiger partial charge is 0.409 e. The minimum atomic E-state index is -0.759. The minimum absolute atomic E-state index is 0.0696. The van der Waals surface area contributed by atoms with Gasteiger partial charge in [-0.2, -0.15) is 0 Å². The maximum absolute atomic E-state index is 12.3. The van der Waals surface area contributed by atoms with Crippen molar-refractivity contribution in [1.29, 1.82) is 0 Å². The number of amides is 1. The number of nitrogens with one attached hydrogen (secondary N) is 1. The van der Waals surface area contributed by atoms with Crippen LogP contribution in [0.4, 0.5) is 0 Å². The zero-order valence-electron chi connectivity index (χ0n) is 12.0. The SMILES string of the molecule is CCCCC(C)NC(=O)C(C(N)=NO)c1ccccc1. The van der Waals surface area contributed by atoms with E-state index in [0.29, 0.717) is 5.56 Å². The molecule has 1 aromatic carbocycles. The molecule has 1 amide bonds. The van der Waals surface area contributed by atoms with Crippen LogP contribution < -0.4 is 11.1 Å². The van der Waals surface area contributed by atoms with Gasteiger partial charge in [-0.05, 0) is 18.9 Å².